The molecule has 0 heterocycles. The van der Waals surface area contributed by atoms with Gasteiger partial charge in [-0.05, 0) is 13.8 Å². The molecule has 0 aromatic heterocycles. The van der Waals surface area contributed by atoms with Crippen LogP contribution in [-0.2, 0) is 10.0 Å². The van der Waals surface area contributed by atoms with Crippen molar-refractivity contribution in [2.45, 2.75) is 13.8 Å². The Bertz CT molecular complexity index is 370. The van der Waals surface area contributed by atoms with Gasteiger partial charge in [0.25, 0.3) is 0 Å². The molecule has 0 radical (unpaired) electrons. The van der Waals surface area contributed by atoms with E-state index < -0.39 is 10.0 Å². The summed E-state index contributed by atoms with van der Waals surface area (Å²) in [5, 5.41) is 5.90. The minimum atomic E-state index is -3.14. The largest absolute Gasteiger partial charge is 0.357 e. The molecule has 17 heavy (non-hydrogen) atoms. The molecule has 7 heteroatoms. The van der Waals surface area contributed by atoms with Crippen LogP contribution in [0.4, 0.5) is 0 Å². The van der Waals surface area contributed by atoms with Gasteiger partial charge in [-0.15, -0.1) is 6.42 Å². The molecule has 0 aliphatic carbocycles. The van der Waals surface area contributed by atoms with Crippen LogP contribution in [0.5, 0.6) is 0 Å². The molecule has 0 aromatic rings. The lowest BCUT2D eigenvalue weighted by Crippen LogP contribution is -2.38. The summed E-state index contributed by atoms with van der Waals surface area (Å²) in [7, 11) is -3.14. The van der Waals surface area contributed by atoms with Gasteiger partial charge < -0.3 is 10.6 Å². The van der Waals surface area contributed by atoms with Crippen LogP contribution >= 0.6 is 0 Å². The predicted octanol–water partition coefficient (Wildman–Crippen LogP) is -0.886. The summed E-state index contributed by atoms with van der Waals surface area (Å²) in [6, 6.07) is 0. The molecule has 0 rings (SSSR count). The molecular formula is C10H20N4O2S. The van der Waals surface area contributed by atoms with Crippen molar-refractivity contribution in [2.75, 3.05) is 31.9 Å². The van der Waals surface area contributed by atoms with Gasteiger partial charge in [-0.2, -0.15) is 0 Å². The van der Waals surface area contributed by atoms with Gasteiger partial charge in [-0.1, -0.05) is 5.92 Å². The summed E-state index contributed by atoms with van der Waals surface area (Å²) in [4.78, 5) is 4.16. The summed E-state index contributed by atoms with van der Waals surface area (Å²) >= 11 is 0. The molecule has 98 valence electrons. The standard InChI is InChI=1S/C10H20N4O2S/c1-4-7-12-10(11-5-2)13-8-9-14-17(15,16)6-3/h1,14H,5-9H2,2-3H3,(H2,11,12,13). The van der Waals surface area contributed by atoms with E-state index in [0.29, 0.717) is 19.0 Å². The first kappa shape index (κ1) is 15.7. The third kappa shape index (κ3) is 8.54. The van der Waals surface area contributed by atoms with Crippen molar-refractivity contribution >= 4 is 16.0 Å². The topological polar surface area (TPSA) is 82.6 Å². The maximum Gasteiger partial charge on any atom is 0.211 e. The minimum Gasteiger partial charge on any atom is -0.357 e. The number of guanidine groups is 1. The van der Waals surface area contributed by atoms with E-state index in [1.54, 1.807) is 6.92 Å². The molecule has 0 bridgehead atoms. The van der Waals surface area contributed by atoms with Crippen molar-refractivity contribution in [1.29, 1.82) is 0 Å². The summed E-state index contributed by atoms with van der Waals surface area (Å²) in [6.45, 7) is 5.27. The third-order valence-electron chi connectivity index (χ3n) is 1.79. The van der Waals surface area contributed by atoms with Gasteiger partial charge in [0.1, 0.15) is 0 Å². The van der Waals surface area contributed by atoms with Crippen molar-refractivity contribution in [3.05, 3.63) is 0 Å². The Morgan fingerprint density at radius 1 is 1.35 bits per heavy atom. The number of hydrogen-bond acceptors (Lipinski definition) is 3. The van der Waals surface area contributed by atoms with Crippen molar-refractivity contribution < 1.29 is 8.42 Å². The number of hydrogen-bond donors (Lipinski definition) is 3. The van der Waals surface area contributed by atoms with Crippen molar-refractivity contribution in [2.24, 2.45) is 4.99 Å². The number of aliphatic imine (C=N–C) groups is 1. The number of sulfonamides is 1. The van der Waals surface area contributed by atoms with Crippen LogP contribution in [0.15, 0.2) is 4.99 Å². The molecule has 0 fully saturated rings. The molecule has 0 unspecified atom stereocenters. The molecule has 0 saturated carbocycles. The fourth-order valence-electron chi connectivity index (χ4n) is 0.947. The van der Waals surface area contributed by atoms with Gasteiger partial charge in [0.15, 0.2) is 5.96 Å². The van der Waals surface area contributed by atoms with Gasteiger partial charge in [0.2, 0.25) is 10.0 Å². The van der Waals surface area contributed by atoms with Gasteiger partial charge in [0, 0.05) is 13.1 Å². The first-order chi connectivity index (χ1) is 8.05. The summed E-state index contributed by atoms with van der Waals surface area (Å²) in [5.41, 5.74) is 0. The third-order valence-corrected chi connectivity index (χ3v) is 3.19. The van der Waals surface area contributed by atoms with Crippen molar-refractivity contribution in [3.63, 3.8) is 0 Å². The lowest BCUT2D eigenvalue weighted by Gasteiger charge is -2.08. The van der Waals surface area contributed by atoms with E-state index in [0.717, 1.165) is 6.54 Å². The van der Waals surface area contributed by atoms with Crippen LogP contribution in [0, 0.1) is 12.3 Å². The molecule has 0 saturated heterocycles. The van der Waals surface area contributed by atoms with Crippen molar-refractivity contribution in [3.8, 4) is 12.3 Å². The van der Waals surface area contributed by atoms with Crippen LogP contribution in [0.1, 0.15) is 13.8 Å². The van der Waals surface area contributed by atoms with E-state index in [1.807, 2.05) is 6.92 Å². The molecule has 0 aromatic carbocycles. The molecule has 0 aliphatic rings. The van der Waals surface area contributed by atoms with Crippen LogP contribution in [0.3, 0.4) is 0 Å². The number of terminal acetylenes is 1. The lowest BCUT2D eigenvalue weighted by atomic mass is 10.6. The van der Waals surface area contributed by atoms with E-state index in [9.17, 15) is 8.42 Å². The maximum absolute atomic E-state index is 11.1. The smallest absolute Gasteiger partial charge is 0.211 e. The Hall–Kier alpha value is -1.26. The van der Waals surface area contributed by atoms with Crippen LogP contribution in [0.25, 0.3) is 0 Å². The van der Waals surface area contributed by atoms with E-state index >= 15 is 0 Å². The average molecular weight is 260 g/mol. The monoisotopic (exact) mass is 260 g/mol. The predicted molar refractivity (Wildman–Crippen MR) is 70.3 cm³/mol. The highest BCUT2D eigenvalue weighted by molar-refractivity contribution is 7.89. The molecule has 6 nitrogen and oxygen atoms in total. The molecule has 0 amide bonds. The fraction of sp³-hybridized carbons (Fsp3) is 0.700. The normalized spacial score (nSPS) is 11.9. The zero-order chi connectivity index (χ0) is 13.1. The van der Waals surface area contributed by atoms with Crippen LogP contribution in [0.2, 0.25) is 0 Å². The Labute approximate surface area is 103 Å². The van der Waals surface area contributed by atoms with Gasteiger partial charge in [-0.25, -0.2) is 13.1 Å². The molecule has 0 aliphatic heterocycles. The fourth-order valence-corrected chi connectivity index (χ4v) is 1.55. The highest BCUT2D eigenvalue weighted by Crippen LogP contribution is 1.81. The Balaban J connectivity index is 4.04. The molecule has 0 spiro atoms. The summed E-state index contributed by atoms with van der Waals surface area (Å²) < 4.78 is 24.7. The van der Waals surface area contributed by atoms with Crippen molar-refractivity contribution in [1.82, 2.24) is 15.4 Å². The molecule has 3 N–H and O–H groups in total. The second-order valence-corrected chi connectivity index (χ2v) is 5.21. The Morgan fingerprint density at radius 2 is 2.06 bits per heavy atom. The quantitative estimate of drug-likeness (QED) is 0.240. The Morgan fingerprint density at radius 3 is 2.59 bits per heavy atom. The maximum atomic E-state index is 11.1. The van der Waals surface area contributed by atoms with E-state index in [1.165, 1.54) is 0 Å². The average Bonchev–Trinajstić information content (AvgIpc) is 2.31. The van der Waals surface area contributed by atoms with Crippen LogP contribution < -0.4 is 15.4 Å². The van der Waals surface area contributed by atoms with E-state index in [-0.39, 0.29) is 12.3 Å². The SMILES string of the molecule is C#CCNC(=NCCNS(=O)(=O)CC)NCC. The Kier molecular flexibility index (Phi) is 8.19. The summed E-state index contributed by atoms with van der Waals surface area (Å²) in [5.74, 6) is 3.10. The minimum absolute atomic E-state index is 0.0755. The highest BCUT2D eigenvalue weighted by atomic mass is 32.2. The first-order valence-electron chi connectivity index (χ1n) is 5.48. The lowest BCUT2D eigenvalue weighted by molar-refractivity contribution is 0.583. The summed E-state index contributed by atoms with van der Waals surface area (Å²) in [6.07, 6.45) is 5.12. The number of nitrogens with one attached hydrogen (secondary N) is 3. The number of nitrogens with zero attached hydrogens (tertiary/aromatic N) is 1. The highest BCUT2D eigenvalue weighted by Gasteiger charge is 2.04. The first-order valence-corrected chi connectivity index (χ1v) is 7.14. The second-order valence-electron chi connectivity index (χ2n) is 3.12. The van der Waals surface area contributed by atoms with E-state index in [4.69, 9.17) is 6.42 Å². The van der Waals surface area contributed by atoms with Gasteiger partial charge >= 0.3 is 0 Å². The van der Waals surface area contributed by atoms with Crippen LogP contribution in [-0.4, -0.2) is 46.3 Å². The molecular weight excluding hydrogens is 240 g/mol. The molecule has 0 atom stereocenters. The van der Waals surface area contributed by atoms with Gasteiger partial charge in [-0.3, -0.25) is 4.99 Å². The second kappa shape index (κ2) is 8.84. The number of rotatable bonds is 7. The zero-order valence-corrected chi connectivity index (χ0v) is 11.1. The zero-order valence-electron chi connectivity index (χ0n) is 10.3. The van der Waals surface area contributed by atoms with E-state index in [2.05, 4.69) is 26.3 Å². The van der Waals surface area contributed by atoms with Gasteiger partial charge in [0.05, 0.1) is 18.8 Å².